The summed E-state index contributed by atoms with van der Waals surface area (Å²) >= 11 is 0. The van der Waals surface area contributed by atoms with E-state index >= 15 is 0 Å². The van der Waals surface area contributed by atoms with Gasteiger partial charge in [-0.1, -0.05) is 51.3 Å². The molecular weight excluding hydrogens is 454 g/mol. The summed E-state index contributed by atoms with van der Waals surface area (Å²) in [4.78, 5) is 4.05. The fraction of sp³-hybridized carbons (Fsp3) is 0.318. The van der Waals surface area contributed by atoms with E-state index in [1.165, 1.54) is 27.8 Å². The first-order valence-corrected chi connectivity index (χ1v) is 8.36. The molecule has 2 nitrogen and oxygen atoms in total. The Morgan fingerprint density at radius 3 is 2.22 bits per heavy atom. The quantitative estimate of drug-likeness (QED) is 0.502. The summed E-state index contributed by atoms with van der Waals surface area (Å²) in [7, 11) is 0. The topological polar surface area (TPSA) is 17.8 Å². The number of nitrogens with zero attached hydrogens (tertiary/aromatic N) is 2. The first-order valence-electron chi connectivity index (χ1n) is 8.36. The maximum absolute atomic E-state index is 4.05. The van der Waals surface area contributed by atoms with Crippen molar-refractivity contribution in [1.29, 1.82) is 0 Å². The summed E-state index contributed by atoms with van der Waals surface area (Å²) < 4.78 is 2.06. The van der Waals surface area contributed by atoms with Gasteiger partial charge < -0.3 is 29.4 Å². The van der Waals surface area contributed by atoms with Gasteiger partial charge in [-0.2, -0.15) is 16.7 Å². The minimum absolute atomic E-state index is 0. The van der Waals surface area contributed by atoms with Crippen LogP contribution in [0.3, 0.4) is 0 Å². The van der Waals surface area contributed by atoms with Crippen molar-refractivity contribution in [3.63, 3.8) is 0 Å². The molecule has 1 heterocycles. The van der Waals surface area contributed by atoms with Crippen LogP contribution in [-0.2, 0) is 26.2 Å². The first kappa shape index (κ1) is 26.1. The molecule has 1 aromatic heterocycles. The summed E-state index contributed by atoms with van der Waals surface area (Å²) in [6.07, 6.45) is 14.4. The largest absolute Gasteiger partial charge is 4.00 e. The Morgan fingerprint density at radius 2 is 1.74 bits per heavy atom. The molecule has 1 aromatic carbocycles. The SMILES string of the molecule is CC1=[C-]C(C)(C)C(C)=C1C.[C-]1=Cc2ccccc2C1n1ccnc1.[Cl-].[Cl-].[Zr+4]. The molecule has 4 rings (SSSR count). The van der Waals surface area contributed by atoms with E-state index in [1.807, 2.05) is 24.7 Å². The zero-order chi connectivity index (χ0) is 17.3. The second-order valence-electron chi connectivity index (χ2n) is 6.98. The maximum Gasteiger partial charge on any atom is 4.00 e. The molecule has 2 aliphatic carbocycles. The molecule has 1 atom stereocenters. The van der Waals surface area contributed by atoms with Crippen molar-refractivity contribution < 1.29 is 51.0 Å². The van der Waals surface area contributed by atoms with E-state index in [2.05, 4.69) is 74.5 Å². The minimum Gasteiger partial charge on any atom is -1.00 e. The molecule has 0 aliphatic heterocycles. The number of halogens is 2. The number of hydrogen-bond acceptors (Lipinski definition) is 1. The monoisotopic (exact) mass is 476 g/mol. The summed E-state index contributed by atoms with van der Waals surface area (Å²) in [6.45, 7) is 10.9. The van der Waals surface area contributed by atoms with Crippen LogP contribution >= 0.6 is 0 Å². The van der Waals surface area contributed by atoms with Crippen molar-refractivity contribution >= 4 is 6.08 Å². The molecule has 0 amide bonds. The smallest absolute Gasteiger partial charge is 1.00 e. The first-order chi connectivity index (χ1) is 11.4. The molecule has 0 spiro atoms. The van der Waals surface area contributed by atoms with Gasteiger partial charge in [-0.3, -0.25) is 6.08 Å². The van der Waals surface area contributed by atoms with Crippen molar-refractivity contribution in [3.8, 4) is 0 Å². The number of allylic oxidation sites excluding steroid dienone is 5. The molecule has 2 aromatic rings. The molecule has 1 unspecified atom stereocenters. The van der Waals surface area contributed by atoms with E-state index in [4.69, 9.17) is 0 Å². The summed E-state index contributed by atoms with van der Waals surface area (Å²) in [5, 5.41) is 0. The van der Waals surface area contributed by atoms with Crippen LogP contribution in [0.4, 0.5) is 0 Å². The average Bonchev–Trinajstić information content (AvgIpc) is 3.25. The van der Waals surface area contributed by atoms with Gasteiger partial charge >= 0.3 is 26.2 Å². The van der Waals surface area contributed by atoms with Gasteiger partial charge in [0, 0.05) is 12.4 Å². The molecule has 0 radical (unpaired) electrons. The van der Waals surface area contributed by atoms with Crippen LogP contribution in [0.25, 0.3) is 6.08 Å². The standard InChI is InChI=1S/C12H9N2.C10H15.2ClH.Zr/c1-2-4-11-10(3-1)5-6-12(11)14-8-7-13-9-14;1-7-6-10(4,5)9(3)8(7)2;;;/h1-5,7-9,12H;1-5H3;2*1H;/q2*-1;;;+4/p-2. The van der Waals surface area contributed by atoms with Crippen LogP contribution in [0.15, 0.2) is 59.7 Å². The molecule has 0 saturated heterocycles. The molecule has 0 saturated carbocycles. The summed E-state index contributed by atoms with van der Waals surface area (Å²) in [5.41, 5.74) is 6.95. The molecule has 0 bridgehead atoms. The third kappa shape index (κ3) is 5.56. The van der Waals surface area contributed by atoms with Gasteiger partial charge in [0.1, 0.15) is 0 Å². The molecule has 140 valence electrons. The van der Waals surface area contributed by atoms with Gasteiger partial charge in [0.25, 0.3) is 0 Å². The van der Waals surface area contributed by atoms with E-state index in [1.54, 1.807) is 6.20 Å². The fourth-order valence-corrected chi connectivity index (χ4v) is 3.22. The van der Waals surface area contributed by atoms with Gasteiger partial charge in [0.2, 0.25) is 0 Å². The van der Waals surface area contributed by atoms with Crippen LogP contribution in [0, 0.1) is 17.6 Å². The van der Waals surface area contributed by atoms with Crippen LogP contribution in [-0.4, -0.2) is 9.55 Å². The molecule has 27 heavy (non-hydrogen) atoms. The third-order valence-electron chi connectivity index (χ3n) is 5.07. The van der Waals surface area contributed by atoms with Gasteiger partial charge in [-0.05, 0) is 6.04 Å². The van der Waals surface area contributed by atoms with Crippen LogP contribution < -0.4 is 24.8 Å². The average molecular weight is 479 g/mol. The van der Waals surface area contributed by atoms with E-state index in [-0.39, 0.29) is 62.5 Å². The number of imidazole rings is 1. The minimum atomic E-state index is 0. The van der Waals surface area contributed by atoms with Gasteiger partial charge in [0.15, 0.2) is 0 Å². The molecule has 0 N–H and O–H groups in total. The molecule has 2 aliphatic rings. The third-order valence-corrected chi connectivity index (χ3v) is 5.07. The molecular formula is C22H24Cl2N2Zr. The van der Waals surface area contributed by atoms with Gasteiger partial charge in [-0.25, -0.2) is 22.7 Å². The Balaban J connectivity index is 0.000000473. The van der Waals surface area contributed by atoms with Crippen molar-refractivity contribution in [1.82, 2.24) is 9.55 Å². The number of aromatic nitrogens is 2. The zero-order valence-electron chi connectivity index (χ0n) is 16.3. The molecule has 5 heteroatoms. The van der Waals surface area contributed by atoms with E-state index in [9.17, 15) is 0 Å². The van der Waals surface area contributed by atoms with Crippen LogP contribution in [0.1, 0.15) is 51.8 Å². The predicted molar refractivity (Wildman–Crippen MR) is 99.1 cm³/mol. The normalized spacial score (nSPS) is 18.3. The van der Waals surface area contributed by atoms with Crippen molar-refractivity contribution in [3.05, 3.63) is 83.0 Å². The second-order valence-corrected chi connectivity index (χ2v) is 6.98. The van der Waals surface area contributed by atoms with Crippen molar-refractivity contribution in [2.24, 2.45) is 5.41 Å². The second kappa shape index (κ2) is 10.6. The predicted octanol–water partition coefficient (Wildman–Crippen LogP) is -0.580. The van der Waals surface area contributed by atoms with Gasteiger partial charge in [-0.15, -0.1) is 18.6 Å². The van der Waals surface area contributed by atoms with Gasteiger partial charge in [0.05, 0.1) is 6.33 Å². The Labute approximate surface area is 194 Å². The molecule has 0 fully saturated rings. The van der Waals surface area contributed by atoms with Crippen molar-refractivity contribution in [2.45, 2.75) is 40.7 Å². The maximum atomic E-state index is 4.05. The van der Waals surface area contributed by atoms with Crippen LogP contribution in [0.2, 0.25) is 0 Å². The number of hydrogen-bond donors (Lipinski definition) is 0. The van der Waals surface area contributed by atoms with E-state index in [0.717, 1.165) is 0 Å². The summed E-state index contributed by atoms with van der Waals surface area (Å²) in [5.74, 6) is 0. The summed E-state index contributed by atoms with van der Waals surface area (Å²) in [6, 6.07) is 8.56. The van der Waals surface area contributed by atoms with E-state index < -0.39 is 0 Å². The number of rotatable bonds is 1. The van der Waals surface area contributed by atoms with E-state index in [0.29, 0.717) is 0 Å². The fourth-order valence-electron chi connectivity index (χ4n) is 3.22. The Morgan fingerprint density at radius 1 is 1.07 bits per heavy atom. The Hall–Kier alpha value is -0.887. The Kier molecular flexibility index (Phi) is 10.3. The Bertz CT molecular complexity index is 834. The van der Waals surface area contributed by atoms with Crippen molar-refractivity contribution in [2.75, 3.05) is 0 Å². The zero-order valence-corrected chi connectivity index (χ0v) is 20.3. The van der Waals surface area contributed by atoms with Crippen LogP contribution in [0.5, 0.6) is 0 Å². The number of fused-ring (bicyclic) bond motifs is 1. The number of benzene rings is 1.